The Morgan fingerprint density at radius 2 is 1.65 bits per heavy atom. The van der Waals surface area contributed by atoms with Crippen LogP contribution in [0, 0.1) is 0 Å². The van der Waals surface area contributed by atoms with Crippen molar-refractivity contribution >= 4 is 22.8 Å². The third kappa shape index (κ3) is 5.80. The average molecular weight is 565 g/mol. The number of hydrogen-bond acceptors (Lipinski definition) is 8. The van der Waals surface area contributed by atoms with E-state index in [0.29, 0.717) is 41.1 Å². The fraction of sp³-hybridized carbons (Fsp3) is 0.400. The second kappa shape index (κ2) is 11.0. The molecule has 6 rings (SSSR count). The van der Waals surface area contributed by atoms with Crippen LogP contribution in [0.1, 0.15) is 20.8 Å². The first-order valence-corrected chi connectivity index (χ1v) is 13.8. The van der Waals surface area contributed by atoms with Crippen molar-refractivity contribution < 1.29 is 24.1 Å². The summed E-state index contributed by atoms with van der Waals surface area (Å²) >= 11 is 6.62. The van der Waals surface area contributed by atoms with Gasteiger partial charge in [0.15, 0.2) is 11.8 Å². The lowest BCUT2D eigenvalue weighted by Gasteiger charge is -2.20. The van der Waals surface area contributed by atoms with E-state index < -0.39 is 6.10 Å². The molecule has 0 spiro atoms. The Hall–Kier alpha value is -3.21. The first-order valence-electron chi connectivity index (χ1n) is 13.5. The second-order valence-electron chi connectivity index (χ2n) is 11.2. The van der Waals surface area contributed by atoms with Gasteiger partial charge in [-0.1, -0.05) is 48.0 Å². The molecule has 40 heavy (non-hydrogen) atoms. The van der Waals surface area contributed by atoms with Crippen molar-refractivity contribution in [1.29, 1.82) is 0 Å². The van der Waals surface area contributed by atoms with Crippen molar-refractivity contribution in [2.75, 3.05) is 26.4 Å². The molecule has 4 aromatic rings. The maximum absolute atomic E-state index is 9.96. The summed E-state index contributed by atoms with van der Waals surface area (Å²) < 4.78 is 23.1. The summed E-state index contributed by atoms with van der Waals surface area (Å²) in [6.07, 6.45) is -1.70. The molecule has 0 bridgehead atoms. The zero-order chi connectivity index (χ0) is 27.9. The van der Waals surface area contributed by atoms with E-state index in [0.717, 1.165) is 29.0 Å². The van der Waals surface area contributed by atoms with Crippen LogP contribution in [-0.4, -0.2) is 76.4 Å². The van der Waals surface area contributed by atoms with Gasteiger partial charge in [-0.2, -0.15) is 4.98 Å². The molecule has 2 aliphatic rings. The number of aromatic nitrogens is 3. The Labute approximate surface area is 237 Å². The van der Waals surface area contributed by atoms with E-state index in [-0.39, 0.29) is 30.5 Å². The van der Waals surface area contributed by atoms with Crippen molar-refractivity contribution in [2.24, 2.45) is 0 Å². The number of nitrogens with one attached hydrogen (secondary N) is 2. The number of fused-ring (bicyclic) bond motifs is 2. The summed E-state index contributed by atoms with van der Waals surface area (Å²) in [7, 11) is 0. The minimum atomic E-state index is -0.636. The first kappa shape index (κ1) is 27.0. The smallest absolute Gasteiger partial charge is 0.296 e. The van der Waals surface area contributed by atoms with Gasteiger partial charge in [0.05, 0.1) is 29.4 Å². The standard InChI is InChI=1S/C30H33ClN4O5/c1-30(2,3)32-12-13-37-20-10-8-18(9-11-20)17-4-6-19(7-5-17)25-21(31)14-22-28(34-25)35-29(33-22)40-24-16-39-26-23(36)15-38-27(24)26/h4-11,14,23-24,26-27,32,36H,12-13,15-16H2,1-3H3,(H,33,34,35)/t23-,24-,26-,27-/m0/s1. The average Bonchev–Trinajstić information content (AvgIpc) is 3.62. The van der Waals surface area contributed by atoms with E-state index in [9.17, 15) is 5.11 Å². The first-order chi connectivity index (χ1) is 19.2. The van der Waals surface area contributed by atoms with Gasteiger partial charge in [0.1, 0.15) is 30.7 Å². The Kier molecular flexibility index (Phi) is 7.41. The lowest BCUT2D eigenvalue weighted by molar-refractivity contribution is 0.00706. The minimum absolute atomic E-state index is 0.0757. The van der Waals surface area contributed by atoms with Crippen molar-refractivity contribution in [3.63, 3.8) is 0 Å². The molecule has 4 atom stereocenters. The highest BCUT2D eigenvalue weighted by Crippen LogP contribution is 2.33. The van der Waals surface area contributed by atoms with E-state index in [1.165, 1.54) is 0 Å². The largest absolute Gasteiger partial charge is 0.492 e. The van der Waals surface area contributed by atoms with Crippen molar-refractivity contribution in [2.45, 2.75) is 50.7 Å². The predicted octanol–water partition coefficient (Wildman–Crippen LogP) is 4.62. The number of halogens is 1. The number of H-pyrrole nitrogens is 1. The molecule has 2 fully saturated rings. The number of nitrogens with zero attached hydrogens (tertiary/aromatic N) is 2. The number of pyridine rings is 1. The molecule has 4 heterocycles. The normalized spacial score (nSPS) is 22.5. The van der Waals surface area contributed by atoms with Crippen LogP contribution in [0.2, 0.25) is 5.02 Å². The molecule has 2 aromatic carbocycles. The van der Waals surface area contributed by atoms with E-state index in [1.807, 2.05) is 36.4 Å². The quantitative estimate of drug-likeness (QED) is 0.266. The third-order valence-corrected chi connectivity index (χ3v) is 7.31. The number of aromatic amines is 1. The number of hydrogen-bond donors (Lipinski definition) is 3. The van der Waals surface area contributed by atoms with Crippen LogP contribution in [0.5, 0.6) is 11.8 Å². The molecule has 0 radical (unpaired) electrons. The van der Waals surface area contributed by atoms with Crippen LogP contribution < -0.4 is 14.8 Å². The molecular formula is C30H33ClN4O5. The van der Waals surface area contributed by atoms with Crippen molar-refractivity contribution in [3.8, 4) is 34.1 Å². The number of rotatable bonds is 8. The number of benzene rings is 2. The third-order valence-electron chi connectivity index (χ3n) is 7.02. The topological polar surface area (TPSA) is 111 Å². The number of ether oxygens (including phenoxy) is 4. The van der Waals surface area contributed by atoms with Crippen molar-refractivity contribution in [3.05, 3.63) is 59.6 Å². The molecular weight excluding hydrogens is 532 g/mol. The minimum Gasteiger partial charge on any atom is -0.492 e. The van der Waals surface area contributed by atoms with Crippen LogP contribution in [0.3, 0.4) is 0 Å². The molecule has 0 aliphatic carbocycles. The zero-order valence-corrected chi connectivity index (χ0v) is 23.4. The Morgan fingerprint density at radius 1 is 0.975 bits per heavy atom. The Morgan fingerprint density at radius 3 is 2.38 bits per heavy atom. The zero-order valence-electron chi connectivity index (χ0n) is 22.7. The summed E-state index contributed by atoms with van der Waals surface area (Å²) in [5.74, 6) is 0.844. The molecule has 9 nitrogen and oxygen atoms in total. The second-order valence-corrected chi connectivity index (χ2v) is 11.6. The summed E-state index contributed by atoms with van der Waals surface area (Å²) in [4.78, 5) is 12.3. The summed E-state index contributed by atoms with van der Waals surface area (Å²) in [6, 6.07) is 18.3. The monoisotopic (exact) mass is 564 g/mol. The molecule has 2 aliphatic heterocycles. The summed E-state index contributed by atoms with van der Waals surface area (Å²) in [5.41, 5.74) is 4.92. The maximum atomic E-state index is 9.96. The van der Waals surface area contributed by atoms with E-state index >= 15 is 0 Å². The van der Waals surface area contributed by atoms with Gasteiger partial charge >= 0.3 is 0 Å². The lowest BCUT2D eigenvalue weighted by Crippen LogP contribution is -2.38. The van der Waals surface area contributed by atoms with Gasteiger partial charge < -0.3 is 34.4 Å². The van der Waals surface area contributed by atoms with Gasteiger partial charge in [-0.3, -0.25) is 0 Å². The molecule has 0 amide bonds. The van der Waals surface area contributed by atoms with Gasteiger partial charge in [-0.15, -0.1) is 0 Å². The molecule has 2 saturated heterocycles. The molecule has 210 valence electrons. The van der Waals surface area contributed by atoms with Gasteiger partial charge in [0, 0.05) is 17.6 Å². The van der Waals surface area contributed by atoms with Crippen LogP contribution in [-0.2, 0) is 9.47 Å². The Bertz CT molecular complexity index is 1470. The highest BCUT2D eigenvalue weighted by molar-refractivity contribution is 6.33. The molecule has 0 saturated carbocycles. The molecule has 0 unspecified atom stereocenters. The molecule has 3 N–H and O–H groups in total. The summed E-state index contributed by atoms with van der Waals surface area (Å²) in [5, 5.41) is 13.9. The SMILES string of the molecule is CC(C)(C)NCCOc1ccc(-c2ccc(-c3nc4nc(O[C@H]5CO[C@@H]6[C@H]5OC[C@@H]6O)[nH]c4cc3Cl)cc2)cc1. The number of aliphatic hydroxyl groups is 1. The Balaban J connectivity index is 1.12. The lowest BCUT2D eigenvalue weighted by atomic mass is 10.0. The molecule has 2 aromatic heterocycles. The van der Waals surface area contributed by atoms with Crippen LogP contribution in [0.15, 0.2) is 54.6 Å². The van der Waals surface area contributed by atoms with E-state index in [4.69, 9.17) is 35.5 Å². The van der Waals surface area contributed by atoms with Crippen LogP contribution in [0.25, 0.3) is 33.5 Å². The summed E-state index contributed by atoms with van der Waals surface area (Å²) in [6.45, 7) is 8.38. The molecule has 10 heteroatoms. The fourth-order valence-corrected chi connectivity index (χ4v) is 5.26. The van der Waals surface area contributed by atoms with Crippen molar-refractivity contribution in [1.82, 2.24) is 20.3 Å². The fourth-order valence-electron chi connectivity index (χ4n) is 5.00. The predicted molar refractivity (Wildman–Crippen MR) is 153 cm³/mol. The van der Waals surface area contributed by atoms with E-state index in [1.54, 1.807) is 6.07 Å². The number of imidazole rings is 1. The van der Waals surface area contributed by atoms with Gasteiger partial charge in [0.2, 0.25) is 0 Å². The van der Waals surface area contributed by atoms with Gasteiger partial charge in [0.25, 0.3) is 6.01 Å². The van der Waals surface area contributed by atoms with Crippen LogP contribution >= 0.6 is 11.6 Å². The highest BCUT2D eigenvalue weighted by atomic mass is 35.5. The number of aliphatic hydroxyl groups excluding tert-OH is 1. The van der Waals surface area contributed by atoms with Gasteiger partial charge in [-0.05, 0) is 50.1 Å². The van der Waals surface area contributed by atoms with Gasteiger partial charge in [-0.25, -0.2) is 4.98 Å². The maximum Gasteiger partial charge on any atom is 0.296 e. The van der Waals surface area contributed by atoms with Crippen LogP contribution in [0.4, 0.5) is 0 Å². The highest BCUT2D eigenvalue weighted by Gasteiger charge is 2.48. The van der Waals surface area contributed by atoms with E-state index in [2.05, 4.69) is 48.2 Å².